The predicted octanol–water partition coefficient (Wildman–Crippen LogP) is 4.83. The first-order chi connectivity index (χ1) is 16.4. The molecule has 0 aliphatic heterocycles. The maximum absolute atomic E-state index is 13.3. The van der Waals surface area contributed by atoms with Gasteiger partial charge in [0.1, 0.15) is 6.04 Å². The maximum Gasteiger partial charge on any atom is 0.254 e. The third kappa shape index (κ3) is 5.37. The van der Waals surface area contributed by atoms with Gasteiger partial charge in [0.2, 0.25) is 5.91 Å². The standard InChI is InChI=1S/C29H31N3O2/c1-20-15-21(2)17-24(16-20)29(34)32(3)27(18-22-9-5-4-6-10-22)28(33)30-14-13-23-19-31-26-12-8-7-11-25(23)26/h4-12,15-17,19,27,31H,13-14,18H2,1-3H3,(H,30,33)/t27-/m1/s1. The van der Waals surface area contributed by atoms with Gasteiger partial charge in [-0.1, -0.05) is 65.7 Å². The minimum absolute atomic E-state index is 0.149. The van der Waals surface area contributed by atoms with Crippen molar-refractivity contribution in [2.45, 2.75) is 32.7 Å². The van der Waals surface area contributed by atoms with Gasteiger partial charge in [-0.3, -0.25) is 9.59 Å². The Labute approximate surface area is 200 Å². The van der Waals surface area contributed by atoms with Gasteiger partial charge in [-0.15, -0.1) is 0 Å². The number of carbonyl (C=O) groups excluding carboxylic acids is 2. The zero-order chi connectivity index (χ0) is 24.1. The molecule has 34 heavy (non-hydrogen) atoms. The number of amides is 2. The van der Waals surface area contributed by atoms with Crippen LogP contribution in [-0.2, 0) is 17.6 Å². The van der Waals surface area contributed by atoms with Crippen molar-refractivity contribution in [3.63, 3.8) is 0 Å². The third-order valence-electron chi connectivity index (χ3n) is 6.20. The number of aryl methyl sites for hydroxylation is 2. The van der Waals surface area contributed by atoms with Crippen LogP contribution >= 0.6 is 0 Å². The Bertz CT molecular complexity index is 1270. The fraction of sp³-hybridized carbons (Fsp3) is 0.241. The van der Waals surface area contributed by atoms with Crippen LogP contribution in [0.2, 0.25) is 0 Å². The Kier molecular flexibility index (Phi) is 7.12. The van der Waals surface area contributed by atoms with E-state index in [1.165, 1.54) is 5.39 Å². The molecule has 2 amide bonds. The van der Waals surface area contributed by atoms with Crippen LogP contribution in [0.1, 0.15) is 32.6 Å². The quantitative estimate of drug-likeness (QED) is 0.401. The molecule has 0 unspecified atom stereocenters. The van der Waals surface area contributed by atoms with Gasteiger partial charge in [-0.05, 0) is 49.6 Å². The Morgan fingerprint density at radius 1 is 0.941 bits per heavy atom. The van der Waals surface area contributed by atoms with Crippen molar-refractivity contribution in [1.29, 1.82) is 0 Å². The van der Waals surface area contributed by atoms with E-state index in [-0.39, 0.29) is 11.8 Å². The molecule has 0 bridgehead atoms. The van der Waals surface area contributed by atoms with Crippen LogP contribution in [0.4, 0.5) is 0 Å². The van der Waals surface area contributed by atoms with Crippen molar-refractivity contribution in [3.05, 3.63) is 107 Å². The fourth-order valence-electron chi connectivity index (χ4n) is 4.46. The molecule has 174 valence electrons. The van der Waals surface area contributed by atoms with Crippen LogP contribution < -0.4 is 5.32 Å². The number of carbonyl (C=O) groups is 2. The molecule has 1 heterocycles. The van der Waals surface area contributed by atoms with Crippen molar-refractivity contribution in [1.82, 2.24) is 15.2 Å². The van der Waals surface area contributed by atoms with E-state index in [0.29, 0.717) is 24.9 Å². The number of para-hydroxylation sites is 1. The topological polar surface area (TPSA) is 65.2 Å². The molecule has 0 fully saturated rings. The number of nitrogens with one attached hydrogen (secondary N) is 2. The van der Waals surface area contributed by atoms with Crippen LogP contribution in [0.15, 0.2) is 79.0 Å². The molecule has 0 saturated heterocycles. The lowest BCUT2D eigenvalue weighted by Gasteiger charge is -2.28. The van der Waals surface area contributed by atoms with Crippen molar-refractivity contribution in [2.75, 3.05) is 13.6 Å². The molecule has 5 nitrogen and oxygen atoms in total. The molecule has 0 aliphatic carbocycles. The number of H-pyrrole nitrogens is 1. The number of aromatic nitrogens is 1. The number of hydrogen-bond acceptors (Lipinski definition) is 2. The van der Waals surface area contributed by atoms with Crippen molar-refractivity contribution >= 4 is 22.7 Å². The molecule has 0 aliphatic rings. The van der Waals surface area contributed by atoms with E-state index in [0.717, 1.165) is 27.8 Å². The van der Waals surface area contributed by atoms with Gasteiger partial charge in [0.25, 0.3) is 5.91 Å². The molecule has 5 heteroatoms. The van der Waals surface area contributed by atoms with Gasteiger partial charge in [0, 0.05) is 42.7 Å². The van der Waals surface area contributed by atoms with Gasteiger partial charge < -0.3 is 15.2 Å². The summed E-state index contributed by atoms with van der Waals surface area (Å²) >= 11 is 0. The highest BCUT2D eigenvalue weighted by Crippen LogP contribution is 2.18. The van der Waals surface area contributed by atoms with E-state index in [9.17, 15) is 9.59 Å². The van der Waals surface area contributed by atoms with Gasteiger partial charge >= 0.3 is 0 Å². The van der Waals surface area contributed by atoms with E-state index in [4.69, 9.17) is 0 Å². The van der Waals surface area contributed by atoms with E-state index < -0.39 is 6.04 Å². The normalized spacial score (nSPS) is 11.9. The average molecular weight is 454 g/mol. The van der Waals surface area contributed by atoms with Crippen LogP contribution in [0.3, 0.4) is 0 Å². The zero-order valence-corrected chi connectivity index (χ0v) is 20.0. The highest BCUT2D eigenvalue weighted by Gasteiger charge is 2.28. The summed E-state index contributed by atoms with van der Waals surface area (Å²) in [5.41, 5.74) is 5.92. The molecular weight excluding hydrogens is 422 g/mol. The molecule has 1 atom stereocenters. The number of fused-ring (bicyclic) bond motifs is 1. The molecule has 0 radical (unpaired) electrons. The molecule has 3 aromatic carbocycles. The van der Waals surface area contributed by atoms with Crippen LogP contribution in [-0.4, -0.2) is 41.3 Å². The largest absolute Gasteiger partial charge is 0.361 e. The summed E-state index contributed by atoms with van der Waals surface area (Å²) in [6.45, 7) is 4.45. The smallest absolute Gasteiger partial charge is 0.254 e. The van der Waals surface area contributed by atoms with E-state index in [1.807, 2.05) is 86.8 Å². The Morgan fingerprint density at radius 3 is 2.35 bits per heavy atom. The van der Waals surface area contributed by atoms with Gasteiger partial charge in [0.05, 0.1) is 0 Å². The summed E-state index contributed by atoms with van der Waals surface area (Å²) in [7, 11) is 1.72. The number of nitrogens with zero attached hydrogens (tertiary/aromatic N) is 1. The number of likely N-dealkylation sites (N-methyl/N-ethyl adjacent to an activating group) is 1. The monoisotopic (exact) mass is 453 g/mol. The van der Waals surface area contributed by atoms with Crippen molar-refractivity contribution in [3.8, 4) is 0 Å². The Morgan fingerprint density at radius 2 is 1.62 bits per heavy atom. The van der Waals surface area contributed by atoms with E-state index in [2.05, 4.69) is 16.4 Å². The van der Waals surface area contributed by atoms with Crippen LogP contribution in [0.25, 0.3) is 10.9 Å². The first kappa shape index (κ1) is 23.3. The Balaban J connectivity index is 1.50. The third-order valence-corrected chi connectivity index (χ3v) is 6.20. The number of hydrogen-bond donors (Lipinski definition) is 2. The highest BCUT2D eigenvalue weighted by molar-refractivity contribution is 5.97. The van der Waals surface area contributed by atoms with Crippen LogP contribution in [0, 0.1) is 13.8 Å². The summed E-state index contributed by atoms with van der Waals surface area (Å²) in [6.07, 6.45) is 3.16. The lowest BCUT2D eigenvalue weighted by atomic mass is 10.0. The van der Waals surface area contributed by atoms with Gasteiger partial charge in [-0.25, -0.2) is 0 Å². The molecule has 1 aromatic heterocycles. The second-order valence-electron chi connectivity index (χ2n) is 8.90. The summed E-state index contributed by atoms with van der Waals surface area (Å²) in [6, 6.07) is 23.1. The van der Waals surface area contributed by atoms with E-state index in [1.54, 1.807) is 11.9 Å². The lowest BCUT2D eigenvalue weighted by molar-refractivity contribution is -0.125. The molecule has 2 N–H and O–H groups in total. The summed E-state index contributed by atoms with van der Waals surface area (Å²) in [4.78, 5) is 31.5. The predicted molar refractivity (Wildman–Crippen MR) is 137 cm³/mol. The molecule has 4 aromatic rings. The molecule has 4 rings (SSSR count). The van der Waals surface area contributed by atoms with Gasteiger partial charge in [0.15, 0.2) is 0 Å². The maximum atomic E-state index is 13.3. The number of aromatic amines is 1. The number of benzene rings is 3. The Hall–Kier alpha value is -3.86. The molecule has 0 saturated carbocycles. The first-order valence-corrected chi connectivity index (χ1v) is 11.6. The number of rotatable bonds is 8. The summed E-state index contributed by atoms with van der Waals surface area (Å²) in [5, 5.41) is 4.24. The molecular formula is C29H31N3O2. The average Bonchev–Trinajstić information content (AvgIpc) is 3.24. The minimum Gasteiger partial charge on any atom is -0.361 e. The van der Waals surface area contributed by atoms with Crippen molar-refractivity contribution in [2.24, 2.45) is 0 Å². The second kappa shape index (κ2) is 10.4. The van der Waals surface area contributed by atoms with Crippen LogP contribution in [0.5, 0.6) is 0 Å². The van der Waals surface area contributed by atoms with Crippen molar-refractivity contribution < 1.29 is 9.59 Å². The summed E-state index contributed by atoms with van der Waals surface area (Å²) < 4.78 is 0. The SMILES string of the molecule is Cc1cc(C)cc(C(=O)N(C)[C@H](Cc2ccccc2)C(=O)NCCc2c[nH]c3ccccc23)c1. The second-order valence-corrected chi connectivity index (χ2v) is 8.90. The van der Waals surface area contributed by atoms with E-state index >= 15 is 0 Å². The minimum atomic E-state index is -0.612. The van der Waals surface area contributed by atoms with Gasteiger partial charge in [-0.2, -0.15) is 0 Å². The lowest BCUT2D eigenvalue weighted by Crippen LogP contribution is -2.49. The highest BCUT2D eigenvalue weighted by atomic mass is 16.2. The zero-order valence-electron chi connectivity index (χ0n) is 20.0. The summed E-state index contributed by atoms with van der Waals surface area (Å²) in [5.74, 6) is -0.302. The molecule has 0 spiro atoms. The fourth-order valence-corrected chi connectivity index (χ4v) is 4.46. The first-order valence-electron chi connectivity index (χ1n) is 11.6.